The molecule has 0 aromatic carbocycles. The molecule has 2 aromatic rings. The third-order valence-corrected chi connectivity index (χ3v) is 4.84. The minimum absolute atomic E-state index is 0.0997. The Morgan fingerprint density at radius 1 is 1.41 bits per heavy atom. The van der Waals surface area contributed by atoms with Crippen LogP contribution in [0.4, 0.5) is 0 Å². The Morgan fingerprint density at radius 2 is 2.14 bits per heavy atom. The Hall–Kier alpha value is -2.15. The monoisotopic (exact) mass is 301 g/mol. The molecule has 1 aliphatic heterocycles. The molecule has 1 saturated carbocycles. The van der Waals surface area contributed by atoms with Crippen LogP contribution in [0.5, 0.6) is 0 Å². The normalized spacial score (nSPS) is 26.0. The number of H-pyrrole nitrogens is 1. The largest absolute Gasteiger partial charge is 0.381 e. The highest BCUT2D eigenvalue weighted by Gasteiger charge is 2.54. The summed E-state index contributed by atoms with van der Waals surface area (Å²) in [6.07, 6.45) is 0. The van der Waals surface area contributed by atoms with Crippen LogP contribution in [0.3, 0.4) is 0 Å². The van der Waals surface area contributed by atoms with E-state index >= 15 is 0 Å². The molecule has 0 radical (unpaired) electrons. The number of carbonyl (C=O) groups is 1. The Kier molecular flexibility index (Phi) is 2.87. The molecule has 2 fully saturated rings. The predicted molar refractivity (Wildman–Crippen MR) is 79.3 cm³/mol. The van der Waals surface area contributed by atoms with E-state index < -0.39 is 0 Å². The maximum absolute atomic E-state index is 12.3. The summed E-state index contributed by atoms with van der Waals surface area (Å²) in [4.78, 5) is 12.3. The quantitative estimate of drug-likeness (QED) is 0.878. The minimum atomic E-state index is -0.0997. The zero-order chi connectivity index (χ0) is 15.4. The average molecular weight is 301 g/mol. The van der Waals surface area contributed by atoms with E-state index in [4.69, 9.17) is 4.74 Å². The van der Waals surface area contributed by atoms with Crippen LogP contribution in [0.1, 0.15) is 21.9 Å². The van der Waals surface area contributed by atoms with Gasteiger partial charge in [0.1, 0.15) is 5.69 Å². The van der Waals surface area contributed by atoms with E-state index in [1.807, 2.05) is 25.6 Å². The third-order valence-electron chi connectivity index (χ3n) is 4.84. The van der Waals surface area contributed by atoms with Crippen LogP contribution in [0.25, 0.3) is 11.3 Å². The van der Waals surface area contributed by atoms with Crippen LogP contribution in [0, 0.1) is 25.7 Å². The van der Waals surface area contributed by atoms with Gasteiger partial charge >= 0.3 is 0 Å². The van der Waals surface area contributed by atoms with Gasteiger partial charge in [-0.3, -0.25) is 14.6 Å². The van der Waals surface area contributed by atoms with Crippen molar-refractivity contribution < 1.29 is 9.53 Å². The van der Waals surface area contributed by atoms with E-state index in [1.165, 1.54) is 0 Å². The molecule has 116 valence electrons. The number of aryl methyl sites for hydroxylation is 2. The number of hydrogen-bond donors (Lipinski definition) is 2. The number of aromatic nitrogens is 4. The summed E-state index contributed by atoms with van der Waals surface area (Å²) in [5.74, 6) is 0.889. The summed E-state index contributed by atoms with van der Waals surface area (Å²) in [6.45, 7) is 5.47. The Balaban J connectivity index is 1.52. The summed E-state index contributed by atoms with van der Waals surface area (Å²) < 4.78 is 7.16. The first kappa shape index (κ1) is 13.5. The first-order chi connectivity index (χ1) is 10.6. The third kappa shape index (κ3) is 1.96. The second-order valence-electron chi connectivity index (χ2n) is 6.20. The maximum atomic E-state index is 12.3. The lowest BCUT2D eigenvalue weighted by molar-refractivity contribution is 0.0924. The van der Waals surface area contributed by atoms with Crippen LogP contribution in [-0.2, 0) is 11.8 Å². The molecule has 7 heteroatoms. The molecule has 3 heterocycles. The molecule has 1 saturated heterocycles. The van der Waals surface area contributed by atoms with Crippen molar-refractivity contribution in [1.29, 1.82) is 0 Å². The summed E-state index contributed by atoms with van der Waals surface area (Å²) in [5.41, 5.74) is 4.17. The van der Waals surface area contributed by atoms with E-state index in [2.05, 4.69) is 20.6 Å². The number of nitrogens with zero attached hydrogens (tertiary/aromatic N) is 3. The number of ether oxygens (including phenoxy) is 1. The molecular formula is C15H19N5O2. The van der Waals surface area contributed by atoms with E-state index in [9.17, 15) is 4.79 Å². The van der Waals surface area contributed by atoms with E-state index in [0.29, 0.717) is 17.5 Å². The second kappa shape index (κ2) is 4.67. The van der Waals surface area contributed by atoms with E-state index in [0.717, 1.165) is 35.9 Å². The van der Waals surface area contributed by atoms with E-state index in [-0.39, 0.29) is 11.9 Å². The molecule has 1 amide bonds. The van der Waals surface area contributed by atoms with Crippen molar-refractivity contribution >= 4 is 5.91 Å². The van der Waals surface area contributed by atoms with Crippen molar-refractivity contribution in [2.45, 2.75) is 19.9 Å². The van der Waals surface area contributed by atoms with Gasteiger partial charge in [-0.15, -0.1) is 0 Å². The van der Waals surface area contributed by atoms with Crippen molar-refractivity contribution in [2.24, 2.45) is 18.9 Å². The molecule has 0 bridgehead atoms. The lowest BCUT2D eigenvalue weighted by Gasteiger charge is -2.05. The van der Waals surface area contributed by atoms with Gasteiger partial charge in [-0.25, -0.2) is 0 Å². The highest BCUT2D eigenvalue weighted by atomic mass is 16.5. The van der Waals surface area contributed by atoms with Crippen molar-refractivity contribution in [3.63, 3.8) is 0 Å². The lowest BCUT2D eigenvalue weighted by Crippen LogP contribution is -2.30. The van der Waals surface area contributed by atoms with Crippen LogP contribution in [-0.4, -0.2) is 45.1 Å². The van der Waals surface area contributed by atoms with Crippen molar-refractivity contribution in [3.8, 4) is 11.3 Å². The summed E-state index contributed by atoms with van der Waals surface area (Å²) in [7, 11) is 1.90. The van der Waals surface area contributed by atoms with Gasteiger partial charge in [-0.1, -0.05) is 0 Å². The lowest BCUT2D eigenvalue weighted by atomic mass is 10.1. The zero-order valence-corrected chi connectivity index (χ0v) is 12.9. The predicted octanol–water partition coefficient (Wildman–Crippen LogP) is 0.802. The molecule has 4 rings (SSSR count). The molecule has 1 aliphatic carbocycles. The highest BCUT2D eigenvalue weighted by molar-refractivity contribution is 5.94. The molecule has 0 spiro atoms. The van der Waals surface area contributed by atoms with Crippen LogP contribution < -0.4 is 5.32 Å². The fourth-order valence-corrected chi connectivity index (χ4v) is 3.39. The first-order valence-electron chi connectivity index (χ1n) is 7.51. The molecule has 7 nitrogen and oxygen atoms in total. The van der Waals surface area contributed by atoms with Gasteiger partial charge in [0, 0.05) is 36.2 Å². The molecule has 1 unspecified atom stereocenters. The maximum Gasteiger partial charge on any atom is 0.269 e. The topological polar surface area (TPSA) is 84.8 Å². The molecule has 22 heavy (non-hydrogen) atoms. The molecule has 2 N–H and O–H groups in total. The number of hydrogen-bond acceptors (Lipinski definition) is 4. The van der Waals surface area contributed by atoms with Gasteiger partial charge < -0.3 is 10.1 Å². The van der Waals surface area contributed by atoms with Crippen molar-refractivity contribution in [1.82, 2.24) is 25.3 Å². The Labute approximate surface area is 128 Å². The average Bonchev–Trinajstić information content (AvgIpc) is 2.93. The minimum Gasteiger partial charge on any atom is -0.381 e. The Morgan fingerprint density at radius 3 is 2.77 bits per heavy atom. The molecule has 2 aliphatic rings. The number of rotatable bonds is 3. The first-order valence-corrected chi connectivity index (χ1v) is 7.51. The van der Waals surface area contributed by atoms with Gasteiger partial charge in [0.05, 0.1) is 24.6 Å². The van der Waals surface area contributed by atoms with Crippen molar-refractivity contribution in [3.05, 3.63) is 23.1 Å². The Bertz CT molecular complexity index is 737. The highest BCUT2D eigenvalue weighted by Crippen LogP contribution is 2.44. The number of carbonyl (C=O) groups excluding carboxylic acids is 1. The van der Waals surface area contributed by atoms with Gasteiger partial charge in [-0.05, 0) is 19.9 Å². The number of aromatic amines is 1. The molecular weight excluding hydrogens is 282 g/mol. The van der Waals surface area contributed by atoms with Gasteiger partial charge in [-0.2, -0.15) is 10.2 Å². The fourth-order valence-electron chi connectivity index (χ4n) is 3.39. The SMILES string of the molecule is Cc1nn(C)c(C)c1-c1cc(C(=O)NC2[C@H]3COC[C@@H]23)[nH]n1. The van der Waals surface area contributed by atoms with Crippen LogP contribution in [0.15, 0.2) is 6.07 Å². The fraction of sp³-hybridized carbons (Fsp3) is 0.533. The summed E-state index contributed by atoms with van der Waals surface area (Å²) in [6, 6.07) is 2.05. The number of amides is 1. The van der Waals surface area contributed by atoms with Gasteiger partial charge in [0.2, 0.25) is 0 Å². The van der Waals surface area contributed by atoms with Gasteiger partial charge in [0.15, 0.2) is 0 Å². The summed E-state index contributed by atoms with van der Waals surface area (Å²) in [5, 5.41) is 14.6. The zero-order valence-electron chi connectivity index (χ0n) is 12.9. The second-order valence-corrected chi connectivity index (χ2v) is 6.20. The van der Waals surface area contributed by atoms with Crippen LogP contribution >= 0.6 is 0 Å². The van der Waals surface area contributed by atoms with Crippen molar-refractivity contribution in [2.75, 3.05) is 13.2 Å². The van der Waals surface area contributed by atoms with E-state index in [1.54, 1.807) is 6.07 Å². The van der Waals surface area contributed by atoms with Crippen LogP contribution in [0.2, 0.25) is 0 Å². The molecule has 2 aromatic heterocycles. The number of nitrogens with one attached hydrogen (secondary N) is 2. The molecule has 3 atom stereocenters. The summed E-state index contributed by atoms with van der Waals surface area (Å²) >= 11 is 0. The number of fused-ring (bicyclic) bond motifs is 1. The smallest absolute Gasteiger partial charge is 0.269 e. The standard InChI is InChI=1S/C15H19N5O2/c1-7-13(8(2)20(3)19-7)11-4-12(18-17-11)15(21)16-14-9-5-22-6-10(9)14/h4,9-10,14H,5-6H2,1-3H3,(H,16,21)(H,17,18)/t9-,10+,14?. The van der Waals surface area contributed by atoms with Gasteiger partial charge in [0.25, 0.3) is 5.91 Å².